The maximum absolute atomic E-state index is 6.06. The average Bonchev–Trinajstić information content (AvgIpc) is 3.26. The summed E-state index contributed by atoms with van der Waals surface area (Å²) in [6.45, 7) is 0.676. The number of hydrogen-bond acceptors (Lipinski definition) is 6. The van der Waals surface area contributed by atoms with E-state index in [2.05, 4.69) is 67.0 Å². The quantitative estimate of drug-likeness (QED) is 0.363. The summed E-state index contributed by atoms with van der Waals surface area (Å²) in [6.07, 6.45) is 15.1. The third-order valence-electron chi connectivity index (χ3n) is 5.35. The van der Waals surface area contributed by atoms with Crippen LogP contribution in [0, 0.1) is 0 Å². The molecule has 0 atom stereocenters. The molecule has 162 valence electrons. The van der Waals surface area contributed by atoms with E-state index in [1.54, 1.807) is 30.2 Å². The zero-order valence-corrected chi connectivity index (χ0v) is 19.8. The Morgan fingerprint density at radius 1 is 1.09 bits per heavy atom. The van der Waals surface area contributed by atoms with Crippen LogP contribution >= 0.6 is 27.3 Å². The van der Waals surface area contributed by atoms with E-state index in [9.17, 15) is 0 Å². The summed E-state index contributed by atoms with van der Waals surface area (Å²) in [4.78, 5) is 9.94. The van der Waals surface area contributed by atoms with E-state index in [1.807, 2.05) is 12.1 Å². The van der Waals surface area contributed by atoms with E-state index < -0.39 is 0 Å². The first kappa shape index (κ1) is 21.0. The number of anilines is 1. The summed E-state index contributed by atoms with van der Waals surface area (Å²) in [7, 11) is 0. The predicted octanol–water partition coefficient (Wildman–Crippen LogP) is 7.32. The third-order valence-corrected chi connectivity index (χ3v) is 6.77. The van der Waals surface area contributed by atoms with Crippen LogP contribution in [0.25, 0.3) is 21.3 Å². The number of nitrogens with zero attached hydrogens (tertiary/aromatic N) is 2. The summed E-state index contributed by atoms with van der Waals surface area (Å²) in [5.74, 6) is 2.50. The second-order valence-electron chi connectivity index (χ2n) is 7.61. The molecule has 5 nitrogen and oxygen atoms in total. The lowest BCUT2D eigenvalue weighted by Gasteiger charge is -2.18. The van der Waals surface area contributed by atoms with Crippen molar-refractivity contribution in [3.8, 4) is 11.1 Å². The van der Waals surface area contributed by atoms with Gasteiger partial charge in [-0.2, -0.15) is 0 Å². The van der Waals surface area contributed by atoms with E-state index in [0.29, 0.717) is 13.0 Å². The average molecular weight is 508 g/mol. The highest BCUT2D eigenvalue weighted by Crippen LogP contribution is 2.37. The van der Waals surface area contributed by atoms with Gasteiger partial charge in [-0.15, -0.1) is 11.3 Å². The molecule has 0 unspecified atom stereocenters. The number of thiophene rings is 1. The summed E-state index contributed by atoms with van der Waals surface area (Å²) < 4.78 is 12.7. The molecule has 1 N–H and O–H groups in total. The molecule has 32 heavy (non-hydrogen) atoms. The Bertz CT molecular complexity index is 1240. The van der Waals surface area contributed by atoms with Gasteiger partial charge >= 0.3 is 0 Å². The van der Waals surface area contributed by atoms with Crippen molar-refractivity contribution in [2.45, 2.75) is 25.7 Å². The number of benzene rings is 1. The van der Waals surface area contributed by atoms with Gasteiger partial charge < -0.3 is 14.8 Å². The maximum Gasteiger partial charge on any atom is 0.143 e. The largest absolute Gasteiger partial charge is 0.466 e. The molecule has 0 radical (unpaired) electrons. The van der Waals surface area contributed by atoms with E-state index in [4.69, 9.17) is 9.47 Å². The van der Waals surface area contributed by atoms with Gasteiger partial charge in [0.05, 0.1) is 5.39 Å². The smallest absolute Gasteiger partial charge is 0.143 e. The van der Waals surface area contributed by atoms with Crippen molar-refractivity contribution >= 4 is 43.3 Å². The number of aromatic nitrogens is 2. The monoisotopic (exact) mass is 507 g/mol. The second kappa shape index (κ2) is 9.71. The third kappa shape index (κ3) is 4.79. The first-order valence-corrected chi connectivity index (χ1v) is 12.2. The maximum atomic E-state index is 6.06. The highest BCUT2D eigenvalue weighted by molar-refractivity contribution is 9.10. The topological polar surface area (TPSA) is 56.3 Å². The van der Waals surface area contributed by atoms with Crippen LogP contribution in [0.15, 0.2) is 88.3 Å². The molecule has 0 amide bonds. The van der Waals surface area contributed by atoms with E-state index in [0.717, 1.165) is 62.4 Å². The Balaban J connectivity index is 1.24. The van der Waals surface area contributed by atoms with Crippen LogP contribution in [0.5, 0.6) is 0 Å². The van der Waals surface area contributed by atoms with Crippen molar-refractivity contribution in [2.24, 2.45) is 0 Å². The summed E-state index contributed by atoms with van der Waals surface area (Å²) in [5, 5.41) is 6.66. The Hall–Kier alpha value is -2.90. The first-order valence-electron chi connectivity index (χ1n) is 10.5. The van der Waals surface area contributed by atoms with Crippen LogP contribution in [-0.4, -0.2) is 16.5 Å². The van der Waals surface area contributed by atoms with Crippen LogP contribution in [0.3, 0.4) is 0 Å². The minimum atomic E-state index is 0.676. The first-order chi connectivity index (χ1) is 15.8. The fraction of sp³-hybridized carbons (Fsp3) is 0.200. The highest BCUT2D eigenvalue weighted by atomic mass is 79.9. The van der Waals surface area contributed by atoms with Crippen LogP contribution in [0.2, 0.25) is 0 Å². The highest BCUT2D eigenvalue weighted by Gasteiger charge is 2.15. The molecule has 5 rings (SSSR count). The molecule has 1 aliphatic carbocycles. The zero-order valence-electron chi connectivity index (χ0n) is 17.4. The van der Waals surface area contributed by atoms with E-state index in [-0.39, 0.29) is 0 Å². The molecule has 0 saturated carbocycles. The molecule has 1 aromatic carbocycles. The van der Waals surface area contributed by atoms with Crippen molar-refractivity contribution in [1.82, 2.24) is 9.97 Å². The number of ether oxygens (including phenoxy) is 2. The number of allylic oxidation sites excluding steroid dienone is 4. The molecular formula is C25H22BrN3O2S. The van der Waals surface area contributed by atoms with Gasteiger partial charge in [-0.25, -0.2) is 9.97 Å². The zero-order chi connectivity index (χ0) is 21.8. The lowest BCUT2D eigenvalue weighted by atomic mass is 10.0. The van der Waals surface area contributed by atoms with Crippen molar-refractivity contribution < 1.29 is 9.47 Å². The normalized spacial score (nSPS) is 15.5. The van der Waals surface area contributed by atoms with Crippen molar-refractivity contribution in [3.05, 3.63) is 88.3 Å². The number of rotatable bonds is 7. The molecule has 3 heterocycles. The summed E-state index contributed by atoms with van der Waals surface area (Å²) in [6, 6.07) is 8.30. The van der Waals surface area contributed by atoms with Crippen LogP contribution < -0.4 is 5.32 Å². The van der Waals surface area contributed by atoms with Crippen LogP contribution in [0.4, 0.5) is 5.82 Å². The molecule has 7 heteroatoms. The van der Waals surface area contributed by atoms with Gasteiger partial charge in [0.1, 0.15) is 41.0 Å². The molecule has 2 aromatic heterocycles. The fourth-order valence-corrected chi connectivity index (χ4v) is 4.95. The Labute approximate surface area is 199 Å². The van der Waals surface area contributed by atoms with Crippen molar-refractivity contribution in [1.29, 1.82) is 0 Å². The fourth-order valence-electron chi connectivity index (χ4n) is 3.77. The second-order valence-corrected chi connectivity index (χ2v) is 9.38. The van der Waals surface area contributed by atoms with Crippen LogP contribution in [-0.2, 0) is 9.47 Å². The standard InChI is InChI=1S/C25H22BrN3O2S/c26-19-8-6-18(7-9-19)22-15-32-25-23(22)24(28-16-29-25)27-11-10-20-13-30-14-21(31-20)12-17-4-2-1-3-5-17/h1-2,4,6-9,13-16H,3,5,10-12H2,(H,27,28,29). The summed E-state index contributed by atoms with van der Waals surface area (Å²) >= 11 is 5.13. The minimum absolute atomic E-state index is 0.676. The predicted molar refractivity (Wildman–Crippen MR) is 133 cm³/mol. The molecular weight excluding hydrogens is 486 g/mol. The Morgan fingerprint density at radius 2 is 1.97 bits per heavy atom. The molecule has 0 spiro atoms. The number of nitrogens with one attached hydrogen (secondary N) is 1. The molecule has 3 aromatic rings. The van der Waals surface area contributed by atoms with Gasteiger partial charge in [0.25, 0.3) is 0 Å². The van der Waals surface area contributed by atoms with Gasteiger partial charge in [-0.1, -0.05) is 51.9 Å². The van der Waals surface area contributed by atoms with Crippen molar-refractivity contribution in [3.63, 3.8) is 0 Å². The number of hydrogen-bond donors (Lipinski definition) is 1. The molecule has 2 aliphatic rings. The number of halogens is 1. The molecule has 0 fully saturated rings. The lowest BCUT2D eigenvalue weighted by molar-refractivity contribution is 0.209. The van der Waals surface area contributed by atoms with Gasteiger partial charge in [-0.05, 0) is 30.5 Å². The Morgan fingerprint density at radius 3 is 2.81 bits per heavy atom. The minimum Gasteiger partial charge on any atom is -0.466 e. The molecule has 0 bridgehead atoms. The van der Waals surface area contributed by atoms with Gasteiger partial charge in [0, 0.05) is 34.8 Å². The van der Waals surface area contributed by atoms with E-state index in [1.165, 1.54) is 5.57 Å². The SMILES string of the molecule is Brc1ccc(-c2csc3ncnc(NCCC4=COC=C(CC5=CC=CCC5)O4)c23)cc1. The van der Waals surface area contributed by atoms with Crippen molar-refractivity contribution in [2.75, 3.05) is 11.9 Å². The summed E-state index contributed by atoms with van der Waals surface area (Å²) in [5.41, 5.74) is 3.64. The van der Waals surface area contributed by atoms with Gasteiger partial charge in [0.15, 0.2) is 0 Å². The van der Waals surface area contributed by atoms with Crippen LogP contribution in [0.1, 0.15) is 25.7 Å². The number of fused-ring (bicyclic) bond motifs is 1. The molecule has 1 aliphatic heterocycles. The van der Waals surface area contributed by atoms with Gasteiger partial charge in [-0.3, -0.25) is 0 Å². The van der Waals surface area contributed by atoms with E-state index >= 15 is 0 Å². The molecule has 0 saturated heterocycles. The lowest BCUT2D eigenvalue weighted by Crippen LogP contribution is -2.09. The Kier molecular flexibility index (Phi) is 6.36. The van der Waals surface area contributed by atoms with Gasteiger partial charge in [0.2, 0.25) is 0 Å².